The molecule has 4 rings (SSSR count). The van der Waals surface area contributed by atoms with Gasteiger partial charge >= 0.3 is 6.03 Å². The summed E-state index contributed by atoms with van der Waals surface area (Å²) >= 11 is 0. The van der Waals surface area contributed by atoms with E-state index in [1.807, 2.05) is 6.07 Å². The molecule has 1 fully saturated rings. The number of hydrogen-bond donors (Lipinski definition) is 3. The van der Waals surface area contributed by atoms with Crippen LogP contribution < -0.4 is 20.7 Å². The Labute approximate surface area is 164 Å². The average Bonchev–Trinajstić information content (AvgIpc) is 3.18. The second kappa shape index (κ2) is 8.31. The Hall–Kier alpha value is -3.06. The molecule has 0 unspecified atom stereocenters. The lowest BCUT2D eigenvalue weighted by Crippen LogP contribution is -2.36. The van der Waals surface area contributed by atoms with Crippen molar-refractivity contribution in [3.63, 3.8) is 0 Å². The van der Waals surface area contributed by atoms with E-state index >= 15 is 0 Å². The number of hydrogen-bond acceptors (Lipinski definition) is 4. The SMILES string of the molecule is O=C1COc2cc(NC(=O)NCCN3CC[C@H](c4ccccc4)C3)ccc2N1. The van der Waals surface area contributed by atoms with Crippen LogP contribution >= 0.6 is 0 Å². The Balaban J connectivity index is 1.21. The minimum Gasteiger partial charge on any atom is -0.482 e. The van der Waals surface area contributed by atoms with Crippen molar-refractivity contribution in [2.75, 3.05) is 43.4 Å². The third-order valence-electron chi connectivity index (χ3n) is 5.13. The van der Waals surface area contributed by atoms with Gasteiger partial charge in [0, 0.05) is 31.4 Å². The quantitative estimate of drug-likeness (QED) is 0.745. The first kappa shape index (κ1) is 18.3. The fourth-order valence-electron chi connectivity index (χ4n) is 3.69. The van der Waals surface area contributed by atoms with Gasteiger partial charge in [0.25, 0.3) is 5.91 Å². The van der Waals surface area contributed by atoms with Crippen LogP contribution in [0.25, 0.3) is 0 Å². The van der Waals surface area contributed by atoms with Gasteiger partial charge in [-0.1, -0.05) is 30.3 Å². The number of urea groups is 1. The lowest BCUT2D eigenvalue weighted by molar-refractivity contribution is -0.118. The van der Waals surface area contributed by atoms with Crippen LogP contribution in [0.3, 0.4) is 0 Å². The number of benzene rings is 2. The zero-order valence-corrected chi connectivity index (χ0v) is 15.6. The number of amides is 3. The molecule has 146 valence electrons. The van der Waals surface area contributed by atoms with Crippen molar-refractivity contribution in [3.8, 4) is 5.75 Å². The van der Waals surface area contributed by atoms with Gasteiger partial charge in [0.1, 0.15) is 5.75 Å². The van der Waals surface area contributed by atoms with Crippen molar-refractivity contribution in [1.82, 2.24) is 10.2 Å². The van der Waals surface area contributed by atoms with Crippen molar-refractivity contribution in [1.29, 1.82) is 0 Å². The maximum absolute atomic E-state index is 12.1. The number of rotatable bonds is 5. The Bertz CT molecular complexity index is 856. The number of anilines is 2. The molecule has 2 aromatic rings. The van der Waals surface area contributed by atoms with Gasteiger partial charge in [0.2, 0.25) is 0 Å². The van der Waals surface area contributed by atoms with Crippen molar-refractivity contribution in [2.24, 2.45) is 0 Å². The van der Waals surface area contributed by atoms with Crippen LogP contribution in [0.1, 0.15) is 17.9 Å². The van der Waals surface area contributed by atoms with Gasteiger partial charge in [-0.15, -0.1) is 0 Å². The van der Waals surface area contributed by atoms with Crippen LogP contribution in [0, 0.1) is 0 Å². The highest BCUT2D eigenvalue weighted by Gasteiger charge is 2.23. The fourth-order valence-corrected chi connectivity index (χ4v) is 3.69. The van der Waals surface area contributed by atoms with E-state index in [2.05, 4.69) is 45.1 Å². The molecule has 0 aromatic heterocycles. The third kappa shape index (κ3) is 4.43. The number of nitrogens with one attached hydrogen (secondary N) is 3. The molecule has 28 heavy (non-hydrogen) atoms. The maximum atomic E-state index is 12.1. The van der Waals surface area contributed by atoms with Crippen LogP contribution in [-0.2, 0) is 4.79 Å². The molecule has 0 bridgehead atoms. The molecule has 0 saturated carbocycles. The average molecular weight is 380 g/mol. The molecule has 1 saturated heterocycles. The van der Waals surface area contributed by atoms with E-state index in [0.29, 0.717) is 29.6 Å². The molecule has 0 radical (unpaired) electrons. The number of carbonyl (C=O) groups is 2. The van der Waals surface area contributed by atoms with Gasteiger partial charge in [0.05, 0.1) is 5.69 Å². The number of likely N-dealkylation sites (tertiary alicyclic amines) is 1. The zero-order chi connectivity index (χ0) is 19.3. The topological polar surface area (TPSA) is 82.7 Å². The second-order valence-corrected chi connectivity index (χ2v) is 7.13. The molecule has 7 heteroatoms. The normalized spacial score (nSPS) is 18.7. The molecule has 0 aliphatic carbocycles. The van der Waals surface area contributed by atoms with Crippen LogP contribution in [0.15, 0.2) is 48.5 Å². The Morgan fingerprint density at radius 3 is 2.93 bits per heavy atom. The summed E-state index contributed by atoms with van der Waals surface area (Å²) < 4.78 is 5.36. The van der Waals surface area contributed by atoms with Gasteiger partial charge in [0.15, 0.2) is 6.61 Å². The van der Waals surface area contributed by atoms with Crippen LogP contribution in [0.2, 0.25) is 0 Å². The monoisotopic (exact) mass is 380 g/mol. The lowest BCUT2D eigenvalue weighted by Gasteiger charge is -2.19. The van der Waals surface area contributed by atoms with E-state index in [1.165, 1.54) is 5.56 Å². The molecular formula is C21H24N4O3. The smallest absolute Gasteiger partial charge is 0.319 e. The zero-order valence-electron chi connectivity index (χ0n) is 15.6. The maximum Gasteiger partial charge on any atom is 0.319 e. The minimum absolute atomic E-state index is 0.0114. The molecular weight excluding hydrogens is 356 g/mol. The first-order valence-electron chi connectivity index (χ1n) is 9.56. The molecule has 2 heterocycles. The highest BCUT2D eigenvalue weighted by atomic mass is 16.5. The van der Waals surface area contributed by atoms with Crippen molar-refractivity contribution < 1.29 is 14.3 Å². The number of fused-ring (bicyclic) bond motifs is 1. The third-order valence-corrected chi connectivity index (χ3v) is 5.13. The van der Waals surface area contributed by atoms with Crippen LogP contribution in [-0.4, -0.2) is 49.6 Å². The van der Waals surface area contributed by atoms with E-state index in [1.54, 1.807) is 18.2 Å². The molecule has 2 aliphatic heterocycles. The van der Waals surface area contributed by atoms with E-state index in [4.69, 9.17) is 4.74 Å². The van der Waals surface area contributed by atoms with Crippen molar-refractivity contribution in [2.45, 2.75) is 12.3 Å². The van der Waals surface area contributed by atoms with E-state index in [-0.39, 0.29) is 18.5 Å². The number of ether oxygens (including phenoxy) is 1. The van der Waals surface area contributed by atoms with Gasteiger partial charge in [-0.2, -0.15) is 0 Å². The Morgan fingerprint density at radius 1 is 1.21 bits per heavy atom. The summed E-state index contributed by atoms with van der Waals surface area (Å²) in [5, 5.41) is 8.42. The lowest BCUT2D eigenvalue weighted by atomic mass is 9.99. The molecule has 3 N–H and O–H groups in total. The fraction of sp³-hybridized carbons (Fsp3) is 0.333. The molecule has 2 aliphatic rings. The Morgan fingerprint density at radius 2 is 2.07 bits per heavy atom. The van der Waals surface area contributed by atoms with Crippen molar-refractivity contribution >= 4 is 23.3 Å². The van der Waals surface area contributed by atoms with Gasteiger partial charge in [-0.25, -0.2) is 4.79 Å². The summed E-state index contributed by atoms with van der Waals surface area (Å²) in [4.78, 5) is 25.8. The summed E-state index contributed by atoms with van der Waals surface area (Å²) in [5.41, 5.74) is 2.63. The summed E-state index contributed by atoms with van der Waals surface area (Å²) in [6.45, 7) is 3.49. The molecule has 7 nitrogen and oxygen atoms in total. The predicted molar refractivity (Wildman–Crippen MR) is 108 cm³/mol. The van der Waals surface area contributed by atoms with E-state index < -0.39 is 0 Å². The highest BCUT2D eigenvalue weighted by molar-refractivity contribution is 5.96. The highest BCUT2D eigenvalue weighted by Crippen LogP contribution is 2.30. The summed E-state index contributed by atoms with van der Waals surface area (Å²) in [7, 11) is 0. The predicted octanol–water partition coefficient (Wildman–Crippen LogP) is 2.63. The largest absolute Gasteiger partial charge is 0.482 e. The first-order chi connectivity index (χ1) is 13.7. The van der Waals surface area contributed by atoms with Gasteiger partial charge in [-0.05, 0) is 36.6 Å². The van der Waals surface area contributed by atoms with Crippen LogP contribution in [0.5, 0.6) is 5.75 Å². The molecule has 3 amide bonds. The van der Waals surface area contributed by atoms with Crippen molar-refractivity contribution in [3.05, 3.63) is 54.1 Å². The molecule has 0 spiro atoms. The Kier molecular flexibility index (Phi) is 5.43. The number of carbonyl (C=O) groups excluding carboxylic acids is 2. The van der Waals surface area contributed by atoms with E-state index in [0.717, 1.165) is 26.1 Å². The molecule has 1 atom stereocenters. The standard InChI is InChI=1S/C21H24N4O3/c26-20-14-28-19-12-17(6-7-18(19)24-20)23-21(27)22-9-11-25-10-8-16(13-25)15-4-2-1-3-5-15/h1-7,12,16H,8-11,13-14H2,(H,24,26)(H2,22,23,27)/t16-/m0/s1. The van der Waals surface area contributed by atoms with E-state index in [9.17, 15) is 9.59 Å². The summed E-state index contributed by atoms with van der Waals surface area (Å²) in [5.74, 6) is 0.954. The second-order valence-electron chi connectivity index (χ2n) is 7.13. The number of nitrogens with zero attached hydrogens (tertiary/aromatic N) is 1. The van der Waals surface area contributed by atoms with Crippen LogP contribution in [0.4, 0.5) is 16.2 Å². The van der Waals surface area contributed by atoms with Gasteiger partial charge < -0.3 is 25.6 Å². The minimum atomic E-state index is -0.251. The summed E-state index contributed by atoms with van der Waals surface area (Å²) in [6, 6.07) is 15.5. The summed E-state index contributed by atoms with van der Waals surface area (Å²) in [6.07, 6.45) is 1.15. The van der Waals surface area contributed by atoms with Gasteiger partial charge in [-0.3, -0.25) is 4.79 Å². The first-order valence-corrected chi connectivity index (χ1v) is 9.56. The molecule has 2 aromatic carbocycles.